The summed E-state index contributed by atoms with van der Waals surface area (Å²) in [4.78, 5) is 5.44. The predicted octanol–water partition coefficient (Wildman–Crippen LogP) is 3.73. The molecule has 17 heavy (non-hydrogen) atoms. The summed E-state index contributed by atoms with van der Waals surface area (Å²) in [6.45, 7) is 6.39. The van der Waals surface area contributed by atoms with Gasteiger partial charge in [0.1, 0.15) is 5.01 Å². The van der Waals surface area contributed by atoms with Crippen molar-refractivity contribution in [3.05, 3.63) is 40.4 Å². The van der Waals surface area contributed by atoms with Gasteiger partial charge in [-0.3, -0.25) is 0 Å². The first-order valence-electron chi connectivity index (χ1n) is 5.79. The lowest BCUT2D eigenvalue weighted by molar-refractivity contribution is 0.284. The summed E-state index contributed by atoms with van der Waals surface area (Å²) in [5.41, 5.74) is 3.40. The Bertz CT molecular complexity index is 499. The Morgan fingerprint density at radius 2 is 1.88 bits per heavy atom. The van der Waals surface area contributed by atoms with Crippen molar-refractivity contribution in [3.63, 3.8) is 0 Å². The second kappa shape index (κ2) is 4.98. The van der Waals surface area contributed by atoms with Crippen LogP contribution in [-0.4, -0.2) is 10.1 Å². The van der Waals surface area contributed by atoms with Gasteiger partial charge in [0, 0.05) is 5.56 Å². The molecule has 3 heteroatoms. The van der Waals surface area contributed by atoms with Crippen molar-refractivity contribution in [2.75, 3.05) is 0 Å². The molecule has 1 aromatic carbocycles. The largest absolute Gasteiger partial charge is 0.391 e. The molecular formula is C14H17NOS. The van der Waals surface area contributed by atoms with Gasteiger partial charge in [0.15, 0.2) is 0 Å². The highest BCUT2D eigenvalue weighted by Gasteiger charge is 2.08. The highest BCUT2D eigenvalue weighted by Crippen LogP contribution is 2.28. The Morgan fingerprint density at radius 3 is 2.35 bits per heavy atom. The number of aliphatic hydroxyl groups excluding tert-OH is 1. The van der Waals surface area contributed by atoms with Crippen molar-refractivity contribution in [2.24, 2.45) is 0 Å². The molecule has 1 N–H and O–H groups in total. The van der Waals surface area contributed by atoms with Gasteiger partial charge in [0.25, 0.3) is 0 Å². The second-order valence-electron chi connectivity index (χ2n) is 4.46. The van der Waals surface area contributed by atoms with Crippen LogP contribution in [0.2, 0.25) is 0 Å². The Morgan fingerprint density at radius 1 is 1.24 bits per heavy atom. The summed E-state index contributed by atoms with van der Waals surface area (Å²) in [5.74, 6) is 0.551. The molecule has 0 unspecified atom stereocenters. The highest BCUT2D eigenvalue weighted by molar-refractivity contribution is 7.15. The number of aromatic nitrogens is 1. The summed E-state index contributed by atoms with van der Waals surface area (Å²) in [5, 5.41) is 10.2. The maximum absolute atomic E-state index is 9.17. The molecule has 0 atom stereocenters. The number of nitrogens with zero attached hydrogens (tertiary/aromatic N) is 1. The third-order valence-electron chi connectivity index (χ3n) is 2.86. The first-order valence-corrected chi connectivity index (χ1v) is 6.61. The van der Waals surface area contributed by atoms with Gasteiger partial charge in [-0.15, -0.1) is 11.3 Å². The summed E-state index contributed by atoms with van der Waals surface area (Å²) >= 11 is 1.57. The van der Waals surface area contributed by atoms with E-state index in [4.69, 9.17) is 5.11 Å². The van der Waals surface area contributed by atoms with E-state index >= 15 is 0 Å². The smallest absolute Gasteiger partial charge is 0.123 e. The van der Waals surface area contributed by atoms with Crippen molar-refractivity contribution in [1.29, 1.82) is 0 Å². The highest BCUT2D eigenvalue weighted by atomic mass is 32.1. The van der Waals surface area contributed by atoms with E-state index in [0.29, 0.717) is 5.92 Å². The maximum Gasteiger partial charge on any atom is 0.123 e. The van der Waals surface area contributed by atoms with Crippen LogP contribution in [0, 0.1) is 6.92 Å². The van der Waals surface area contributed by atoms with Gasteiger partial charge < -0.3 is 5.11 Å². The van der Waals surface area contributed by atoms with Crippen LogP contribution in [0.1, 0.15) is 35.9 Å². The van der Waals surface area contributed by atoms with Crippen LogP contribution < -0.4 is 0 Å². The van der Waals surface area contributed by atoms with Crippen molar-refractivity contribution in [3.8, 4) is 10.6 Å². The molecule has 1 aromatic heterocycles. The topological polar surface area (TPSA) is 33.1 Å². The van der Waals surface area contributed by atoms with E-state index < -0.39 is 0 Å². The average Bonchev–Trinajstić information content (AvgIpc) is 2.70. The first-order chi connectivity index (χ1) is 8.11. The standard InChI is InChI=1S/C14H17NOS/c1-9(2)11-4-6-12(7-5-11)14-15-10(3)13(8-16)17-14/h4-7,9,16H,8H2,1-3H3. The lowest BCUT2D eigenvalue weighted by Gasteiger charge is -2.05. The Kier molecular flexibility index (Phi) is 3.60. The van der Waals surface area contributed by atoms with Gasteiger partial charge in [0.2, 0.25) is 0 Å². The van der Waals surface area contributed by atoms with E-state index in [1.54, 1.807) is 11.3 Å². The Hall–Kier alpha value is -1.19. The summed E-state index contributed by atoms with van der Waals surface area (Å²) < 4.78 is 0. The van der Waals surface area contributed by atoms with Crippen LogP contribution in [0.4, 0.5) is 0 Å². The zero-order valence-electron chi connectivity index (χ0n) is 10.4. The number of hydrogen-bond acceptors (Lipinski definition) is 3. The molecule has 2 rings (SSSR count). The lowest BCUT2D eigenvalue weighted by atomic mass is 10.0. The molecule has 0 amide bonds. The van der Waals surface area contributed by atoms with E-state index in [2.05, 4.69) is 43.1 Å². The Balaban J connectivity index is 2.33. The quantitative estimate of drug-likeness (QED) is 0.896. The fourth-order valence-corrected chi connectivity index (χ4v) is 2.64. The second-order valence-corrected chi connectivity index (χ2v) is 5.55. The molecule has 0 saturated carbocycles. The molecular weight excluding hydrogens is 230 g/mol. The fraction of sp³-hybridized carbons (Fsp3) is 0.357. The molecule has 90 valence electrons. The molecule has 2 nitrogen and oxygen atoms in total. The molecule has 0 fully saturated rings. The van der Waals surface area contributed by atoms with Crippen LogP contribution in [0.5, 0.6) is 0 Å². The minimum Gasteiger partial charge on any atom is -0.391 e. The molecule has 1 heterocycles. The van der Waals surface area contributed by atoms with Gasteiger partial charge in [-0.25, -0.2) is 4.98 Å². The zero-order valence-corrected chi connectivity index (χ0v) is 11.2. The van der Waals surface area contributed by atoms with E-state index in [9.17, 15) is 0 Å². The molecule has 0 spiro atoms. The lowest BCUT2D eigenvalue weighted by Crippen LogP contribution is -1.86. The number of aryl methyl sites for hydroxylation is 1. The normalized spacial score (nSPS) is 11.1. The van der Waals surface area contributed by atoms with Gasteiger partial charge in [-0.1, -0.05) is 38.1 Å². The van der Waals surface area contributed by atoms with Crippen molar-refractivity contribution < 1.29 is 5.11 Å². The molecule has 0 saturated heterocycles. The third kappa shape index (κ3) is 2.56. The van der Waals surface area contributed by atoms with Crippen LogP contribution in [0.25, 0.3) is 10.6 Å². The molecule has 0 aliphatic heterocycles. The van der Waals surface area contributed by atoms with E-state index in [0.717, 1.165) is 21.1 Å². The monoisotopic (exact) mass is 247 g/mol. The minimum absolute atomic E-state index is 0.0770. The Labute approximate surface area is 106 Å². The number of aliphatic hydroxyl groups is 1. The molecule has 0 radical (unpaired) electrons. The molecule has 0 bridgehead atoms. The number of hydrogen-bond donors (Lipinski definition) is 1. The van der Waals surface area contributed by atoms with Gasteiger partial charge in [-0.2, -0.15) is 0 Å². The minimum atomic E-state index is 0.0770. The van der Waals surface area contributed by atoms with E-state index in [-0.39, 0.29) is 6.61 Å². The molecule has 2 aromatic rings. The number of benzene rings is 1. The van der Waals surface area contributed by atoms with Crippen molar-refractivity contribution in [2.45, 2.75) is 33.3 Å². The number of rotatable bonds is 3. The maximum atomic E-state index is 9.17. The summed E-state index contributed by atoms with van der Waals surface area (Å²) in [6, 6.07) is 8.51. The van der Waals surface area contributed by atoms with Crippen LogP contribution in [0.3, 0.4) is 0 Å². The summed E-state index contributed by atoms with van der Waals surface area (Å²) in [6.07, 6.45) is 0. The van der Waals surface area contributed by atoms with Crippen molar-refractivity contribution >= 4 is 11.3 Å². The fourth-order valence-electron chi connectivity index (χ4n) is 1.71. The average molecular weight is 247 g/mol. The van der Waals surface area contributed by atoms with Crippen LogP contribution in [-0.2, 0) is 6.61 Å². The van der Waals surface area contributed by atoms with Crippen LogP contribution >= 0.6 is 11.3 Å². The van der Waals surface area contributed by atoms with Gasteiger partial charge >= 0.3 is 0 Å². The van der Waals surface area contributed by atoms with E-state index in [1.165, 1.54) is 5.56 Å². The first kappa shape index (κ1) is 12.3. The van der Waals surface area contributed by atoms with Gasteiger partial charge in [-0.05, 0) is 18.4 Å². The van der Waals surface area contributed by atoms with Crippen LogP contribution in [0.15, 0.2) is 24.3 Å². The molecule has 0 aliphatic carbocycles. The third-order valence-corrected chi connectivity index (χ3v) is 4.05. The van der Waals surface area contributed by atoms with E-state index in [1.807, 2.05) is 6.92 Å². The predicted molar refractivity (Wildman–Crippen MR) is 72.3 cm³/mol. The summed E-state index contributed by atoms with van der Waals surface area (Å²) in [7, 11) is 0. The van der Waals surface area contributed by atoms with Crippen molar-refractivity contribution in [1.82, 2.24) is 4.98 Å². The molecule has 0 aliphatic rings. The SMILES string of the molecule is Cc1nc(-c2ccc(C(C)C)cc2)sc1CO. The zero-order chi connectivity index (χ0) is 12.4. The number of thiazole rings is 1. The van der Waals surface area contributed by atoms with Gasteiger partial charge in [0.05, 0.1) is 17.2 Å².